The number of carboxylic acids is 1. The van der Waals surface area contributed by atoms with Gasteiger partial charge in [0.2, 0.25) is 5.91 Å². The largest absolute Gasteiger partial charge is 0.508 e. The molecule has 3 aromatic carbocycles. The fourth-order valence-electron chi connectivity index (χ4n) is 6.39. The van der Waals surface area contributed by atoms with Crippen molar-refractivity contribution in [1.29, 1.82) is 0 Å². The number of amides is 1. The number of aliphatic carboxylic acids is 1. The summed E-state index contributed by atoms with van der Waals surface area (Å²) in [5.41, 5.74) is -2.15. The van der Waals surface area contributed by atoms with Crippen LogP contribution < -0.4 is 5.32 Å². The Bertz CT molecular complexity index is 1880. The molecule has 3 atom stereocenters. The lowest BCUT2D eigenvalue weighted by Gasteiger charge is -2.30. The van der Waals surface area contributed by atoms with Crippen molar-refractivity contribution in [2.45, 2.75) is 108 Å². The van der Waals surface area contributed by atoms with Crippen LogP contribution in [0.5, 0.6) is 5.75 Å². The summed E-state index contributed by atoms with van der Waals surface area (Å²) in [6.45, 7) is 0.717. The topological polar surface area (TPSA) is 211 Å². The molecule has 0 aromatic heterocycles. The number of nitrogens with one attached hydrogen (secondary N) is 1. The number of ether oxygens (including phenoxy) is 2. The highest BCUT2D eigenvalue weighted by Gasteiger charge is 2.49. The summed E-state index contributed by atoms with van der Waals surface area (Å²) < 4.78 is 10.4. The third-order valence-corrected chi connectivity index (χ3v) is 9.92. The van der Waals surface area contributed by atoms with E-state index in [0.29, 0.717) is 31.2 Å². The molecule has 1 amide bonds. The minimum absolute atomic E-state index is 0.0638. The van der Waals surface area contributed by atoms with E-state index in [1.807, 2.05) is 0 Å². The average molecular weight is 828 g/mol. The normalized spacial score (nSPS) is 13.1. The number of aliphatic hydroxyl groups is 1. The molecule has 13 heteroatoms. The number of Topliss-reactive ketones (excluding diaryl/α,β-unsaturated/α-hetero) is 3. The predicted octanol–water partition coefficient (Wildman–Crippen LogP) is 6.92. The maximum absolute atomic E-state index is 14.1. The first-order valence-corrected chi connectivity index (χ1v) is 20.5. The van der Waals surface area contributed by atoms with E-state index in [2.05, 4.69) is 12.2 Å². The number of phenolic OH excluding ortho intramolecular Hbond substituents is 1. The first kappa shape index (κ1) is 48.4. The average Bonchev–Trinajstić information content (AvgIpc) is 3.24. The van der Waals surface area contributed by atoms with Crippen molar-refractivity contribution in [3.8, 4) is 5.75 Å². The van der Waals surface area contributed by atoms with Gasteiger partial charge in [0.25, 0.3) is 0 Å². The van der Waals surface area contributed by atoms with Crippen molar-refractivity contribution in [2.24, 2.45) is 5.92 Å². The van der Waals surface area contributed by atoms with Crippen molar-refractivity contribution in [3.63, 3.8) is 0 Å². The van der Waals surface area contributed by atoms with Crippen LogP contribution >= 0.6 is 0 Å². The van der Waals surface area contributed by atoms with Crippen molar-refractivity contribution < 1.29 is 58.4 Å². The SMILES string of the molecule is CCCCCCCC(=O)CCCCCC/C=C/[C@H](C(=O)N[C@@H](Cc1ccc(O)cc1)C(=O)OCC(=O)c1ccccc1)[C@@](O)(CC(=O)OCC(=O)c1ccccc1)C(=O)O. The zero-order chi connectivity index (χ0) is 43.8. The van der Waals surface area contributed by atoms with Crippen LogP contribution in [0.15, 0.2) is 97.1 Å². The molecule has 322 valence electrons. The second kappa shape index (κ2) is 26.2. The van der Waals surface area contributed by atoms with E-state index in [1.54, 1.807) is 36.4 Å². The number of ketones is 3. The van der Waals surface area contributed by atoms with Crippen molar-refractivity contribution in [3.05, 3.63) is 114 Å². The molecule has 0 heterocycles. The summed E-state index contributed by atoms with van der Waals surface area (Å²) in [5.74, 6) is -8.31. The maximum atomic E-state index is 14.1. The second-order valence-corrected chi connectivity index (χ2v) is 14.7. The second-order valence-electron chi connectivity index (χ2n) is 14.7. The van der Waals surface area contributed by atoms with Crippen molar-refractivity contribution in [2.75, 3.05) is 13.2 Å². The molecular weight excluding hydrogens is 771 g/mol. The minimum atomic E-state index is -3.11. The Kier molecular flexibility index (Phi) is 21.2. The number of allylic oxidation sites excluding steroid dienone is 1. The first-order valence-electron chi connectivity index (χ1n) is 20.5. The number of carboxylic acid groups (broad SMARTS) is 1. The fraction of sp³-hybridized carbons (Fsp3) is 0.426. The van der Waals surface area contributed by atoms with Gasteiger partial charge < -0.3 is 30.1 Å². The Balaban J connectivity index is 1.77. The molecule has 0 fully saturated rings. The maximum Gasteiger partial charge on any atom is 0.337 e. The number of rotatable bonds is 29. The van der Waals surface area contributed by atoms with Crippen molar-refractivity contribution >= 4 is 41.2 Å². The van der Waals surface area contributed by atoms with Crippen LogP contribution in [0.1, 0.15) is 117 Å². The van der Waals surface area contributed by atoms with Gasteiger partial charge in [-0.1, -0.05) is 130 Å². The number of carbonyl (C=O) groups excluding carboxylic acids is 6. The Hall–Kier alpha value is -5.95. The van der Waals surface area contributed by atoms with Gasteiger partial charge >= 0.3 is 17.9 Å². The lowest BCUT2D eigenvalue weighted by Crippen LogP contribution is -2.55. The van der Waals surface area contributed by atoms with Gasteiger partial charge in [-0.05, 0) is 43.4 Å². The van der Waals surface area contributed by atoms with Gasteiger partial charge in [0, 0.05) is 30.4 Å². The van der Waals surface area contributed by atoms with Crippen LogP contribution in [0, 0.1) is 5.92 Å². The number of hydrogen-bond acceptors (Lipinski definition) is 11. The molecular formula is C47H57NO12. The van der Waals surface area contributed by atoms with Gasteiger partial charge in [-0.3, -0.25) is 24.0 Å². The Morgan fingerprint density at radius 2 is 1.23 bits per heavy atom. The summed E-state index contributed by atoms with van der Waals surface area (Å²) in [4.78, 5) is 90.9. The fourth-order valence-corrected chi connectivity index (χ4v) is 6.39. The van der Waals surface area contributed by atoms with E-state index >= 15 is 0 Å². The van der Waals surface area contributed by atoms with E-state index in [0.717, 1.165) is 51.0 Å². The molecule has 0 saturated carbocycles. The van der Waals surface area contributed by atoms with E-state index in [1.165, 1.54) is 61.0 Å². The molecule has 4 N–H and O–H groups in total. The van der Waals surface area contributed by atoms with Gasteiger partial charge in [0.15, 0.2) is 30.4 Å². The standard InChI is InChI=1S/C47H57NO12/c1-2-3-4-7-16-23-37(49)24-17-8-5-6-9-18-25-39(47(58,46(56)57)31-43(53)59-32-41(51)35-19-12-10-13-20-35)44(54)48-40(30-34-26-28-38(50)29-27-34)45(55)60-33-42(52)36-21-14-11-15-22-36/h10-15,18-22,25-29,39-40,50,58H,2-9,16-17,23-24,30-33H2,1H3,(H,48,54)(H,56,57)/b25-18+/t39-,40+,47+/m1/s1. The van der Waals surface area contributed by atoms with Gasteiger partial charge in [-0.2, -0.15) is 0 Å². The van der Waals surface area contributed by atoms with E-state index in [4.69, 9.17) is 9.47 Å². The predicted molar refractivity (Wildman–Crippen MR) is 223 cm³/mol. The van der Waals surface area contributed by atoms with Crippen LogP contribution in [0.3, 0.4) is 0 Å². The Labute approximate surface area is 351 Å². The van der Waals surface area contributed by atoms with Crippen LogP contribution in [-0.4, -0.2) is 81.3 Å². The summed E-state index contributed by atoms with van der Waals surface area (Å²) in [6.07, 6.45) is 10.9. The number of unbranched alkanes of at least 4 members (excludes halogenated alkanes) is 8. The number of phenols is 1. The van der Waals surface area contributed by atoms with Crippen molar-refractivity contribution in [1.82, 2.24) is 5.32 Å². The highest BCUT2D eigenvalue weighted by molar-refractivity contribution is 6.00. The number of carbonyl (C=O) groups is 7. The van der Waals surface area contributed by atoms with Gasteiger partial charge in [-0.15, -0.1) is 0 Å². The molecule has 0 aliphatic heterocycles. The molecule has 0 unspecified atom stereocenters. The van der Waals surface area contributed by atoms with Crippen LogP contribution in [0.25, 0.3) is 0 Å². The molecule has 0 saturated heterocycles. The highest BCUT2D eigenvalue weighted by atomic mass is 16.5. The lowest BCUT2D eigenvalue weighted by atomic mass is 9.82. The number of hydrogen-bond donors (Lipinski definition) is 4. The minimum Gasteiger partial charge on any atom is -0.508 e. The zero-order valence-electron chi connectivity index (χ0n) is 34.2. The van der Waals surface area contributed by atoms with Crippen LogP contribution in [0.2, 0.25) is 0 Å². The van der Waals surface area contributed by atoms with Gasteiger partial charge in [-0.25, -0.2) is 9.59 Å². The summed E-state index contributed by atoms with van der Waals surface area (Å²) in [7, 11) is 0. The monoisotopic (exact) mass is 827 g/mol. The third-order valence-electron chi connectivity index (χ3n) is 9.92. The Morgan fingerprint density at radius 1 is 0.700 bits per heavy atom. The van der Waals surface area contributed by atoms with E-state index < -0.39 is 72.6 Å². The van der Waals surface area contributed by atoms with Gasteiger partial charge in [0.1, 0.15) is 17.6 Å². The summed E-state index contributed by atoms with van der Waals surface area (Å²) >= 11 is 0. The van der Waals surface area contributed by atoms with Crippen LogP contribution in [0.4, 0.5) is 0 Å². The van der Waals surface area contributed by atoms with E-state index in [9.17, 15) is 48.9 Å². The molecule has 0 bridgehead atoms. The summed E-state index contributed by atoms with van der Waals surface area (Å²) in [6, 6.07) is 20.1. The molecule has 0 aliphatic carbocycles. The Morgan fingerprint density at radius 3 is 1.78 bits per heavy atom. The molecule has 0 aliphatic rings. The molecule has 0 spiro atoms. The number of esters is 2. The molecule has 13 nitrogen and oxygen atoms in total. The number of aromatic hydroxyl groups is 1. The number of benzene rings is 3. The molecule has 0 radical (unpaired) electrons. The first-order chi connectivity index (χ1) is 28.8. The highest BCUT2D eigenvalue weighted by Crippen LogP contribution is 2.27. The van der Waals surface area contributed by atoms with Gasteiger partial charge in [0.05, 0.1) is 12.3 Å². The molecule has 3 rings (SSSR count). The van der Waals surface area contributed by atoms with E-state index in [-0.39, 0.29) is 29.1 Å². The lowest BCUT2D eigenvalue weighted by molar-refractivity contribution is -0.173. The van der Waals surface area contributed by atoms with Crippen LogP contribution in [-0.2, 0) is 39.9 Å². The summed E-state index contributed by atoms with van der Waals surface area (Å²) in [5, 5.41) is 34.2. The molecule has 60 heavy (non-hydrogen) atoms. The smallest absolute Gasteiger partial charge is 0.337 e. The molecule has 3 aromatic rings. The quantitative estimate of drug-likeness (QED) is 0.0243. The third kappa shape index (κ3) is 17.1. The zero-order valence-corrected chi connectivity index (χ0v) is 34.2.